The molecule has 0 aromatic carbocycles. The van der Waals surface area contributed by atoms with Crippen LogP contribution >= 0.6 is 0 Å². The van der Waals surface area contributed by atoms with Gasteiger partial charge in [0.2, 0.25) is 0 Å². The van der Waals surface area contributed by atoms with E-state index in [1.807, 2.05) is 0 Å². The molecule has 0 atom stereocenters. The minimum absolute atomic E-state index is 1.11. The molecule has 0 aliphatic carbocycles. The van der Waals surface area contributed by atoms with Gasteiger partial charge in [-0.05, 0) is 0 Å². The zero-order valence-electron chi connectivity index (χ0n) is 7.65. The summed E-state index contributed by atoms with van der Waals surface area (Å²) in [5, 5.41) is 12.1. The molecule has 0 aliphatic rings. The summed E-state index contributed by atoms with van der Waals surface area (Å²) >= 11 is -2.72. The zero-order chi connectivity index (χ0) is 7.82. The molecule has 59 valence electrons. The minimum atomic E-state index is -2.72. The maximum absolute atomic E-state index is 3.64. The Kier molecular flexibility index (Phi) is 1.77. The zero-order valence-corrected chi connectivity index (χ0v) is 10.9. The Balaban J connectivity index is 4.34. The van der Waals surface area contributed by atoms with Crippen molar-refractivity contribution in [3.05, 3.63) is 0 Å². The third-order valence-electron chi connectivity index (χ3n) is 0.949. The van der Waals surface area contributed by atoms with Gasteiger partial charge in [-0.2, -0.15) is 0 Å². The molecular weight excluding hydrogens is 279 g/mol. The second-order valence-electron chi connectivity index (χ2n) is 6.10. The molecule has 2 heteroatoms. The van der Waals surface area contributed by atoms with Crippen molar-refractivity contribution in [2.24, 2.45) is 0 Å². The molecule has 0 saturated heterocycles. The Hall–Kier alpha value is 0.700. The van der Waals surface area contributed by atoms with Gasteiger partial charge in [-0.3, -0.25) is 0 Å². The molecule has 0 amide bonds. The van der Waals surface area contributed by atoms with Crippen molar-refractivity contribution in [3.63, 3.8) is 0 Å². The van der Waals surface area contributed by atoms with Crippen LogP contribution in [0.2, 0.25) is 25.7 Å². The molecule has 0 bridgehead atoms. The standard InChI is InChI=1S/C2H6N.5CH3.Ta/c1-2-3;;;;;;/h3H,2H2,1H3;5*1H3;/q-1;;;;;;+1. The molecule has 0 aromatic heterocycles. The molecule has 0 saturated carbocycles. The van der Waals surface area contributed by atoms with Crippen molar-refractivity contribution in [3.8, 4) is 0 Å². The average molecular weight is 300 g/mol. The van der Waals surface area contributed by atoms with E-state index in [9.17, 15) is 0 Å². The fourth-order valence-corrected chi connectivity index (χ4v) is 6.47. The fraction of sp³-hybridized carbons (Fsp3) is 1.00. The Bertz CT molecular complexity index is 103. The SMILES string of the molecule is CC[NH][Ta]([CH3])([CH3])([CH3])([CH3])[CH3]. The van der Waals surface area contributed by atoms with E-state index < -0.39 is 14.8 Å². The normalized spacial score (nSPS) is 20.7. The molecule has 1 nitrogen and oxygen atoms in total. The van der Waals surface area contributed by atoms with Gasteiger partial charge >= 0.3 is 57.7 Å². The Labute approximate surface area is 57.9 Å². The first-order valence-corrected chi connectivity index (χ1v) is 21.2. The predicted molar refractivity (Wildman–Crippen MR) is 43.0 cm³/mol. The quantitative estimate of drug-likeness (QED) is 0.827. The third-order valence-corrected chi connectivity index (χ3v) is 7.77. The molecule has 0 unspecified atom stereocenters. The first-order valence-electron chi connectivity index (χ1n) is 3.52. The molecule has 0 heterocycles. The number of hydrogen-bond acceptors (Lipinski definition) is 1. The second-order valence-corrected chi connectivity index (χ2v) is 47.4. The van der Waals surface area contributed by atoms with Crippen LogP contribution < -0.4 is 3.72 Å². The molecule has 1 N–H and O–H groups in total. The van der Waals surface area contributed by atoms with Crippen molar-refractivity contribution in [1.82, 2.24) is 3.72 Å². The second kappa shape index (κ2) is 1.65. The molecule has 0 spiro atoms. The first-order chi connectivity index (χ1) is 3.54. The van der Waals surface area contributed by atoms with Crippen molar-refractivity contribution in [1.29, 1.82) is 0 Å². The molecule has 0 fully saturated rings. The van der Waals surface area contributed by atoms with Gasteiger partial charge in [0.1, 0.15) is 0 Å². The van der Waals surface area contributed by atoms with Gasteiger partial charge in [0.15, 0.2) is 0 Å². The molecular formula is C7H21NTa. The number of rotatable bonds is 2. The summed E-state index contributed by atoms with van der Waals surface area (Å²) in [6.07, 6.45) is 0. The predicted octanol–water partition coefficient (Wildman–Crippen LogP) is 2.98. The van der Waals surface area contributed by atoms with Gasteiger partial charge in [0.25, 0.3) is 0 Å². The van der Waals surface area contributed by atoms with E-state index in [4.69, 9.17) is 0 Å². The van der Waals surface area contributed by atoms with Gasteiger partial charge in [0.05, 0.1) is 0 Å². The Morgan fingerprint density at radius 1 is 1.00 bits per heavy atom. The van der Waals surface area contributed by atoms with E-state index in [1.165, 1.54) is 0 Å². The first kappa shape index (κ1) is 9.70. The van der Waals surface area contributed by atoms with Crippen LogP contribution in [-0.2, 0) is 14.8 Å². The van der Waals surface area contributed by atoms with Gasteiger partial charge < -0.3 is 0 Å². The van der Waals surface area contributed by atoms with E-state index in [0.717, 1.165) is 6.54 Å². The monoisotopic (exact) mass is 300 g/mol. The molecule has 0 aromatic rings. The van der Waals surface area contributed by atoms with E-state index in [-0.39, 0.29) is 0 Å². The van der Waals surface area contributed by atoms with Crippen molar-refractivity contribution in [2.75, 3.05) is 6.54 Å². The van der Waals surface area contributed by atoms with E-state index in [0.29, 0.717) is 0 Å². The molecule has 0 radical (unpaired) electrons. The van der Waals surface area contributed by atoms with Gasteiger partial charge in [-0.15, -0.1) is 0 Å². The van der Waals surface area contributed by atoms with Gasteiger partial charge in [-0.1, -0.05) is 0 Å². The average Bonchev–Trinajstić information content (AvgIpc) is 1.22. The Morgan fingerprint density at radius 3 is 1.33 bits per heavy atom. The van der Waals surface area contributed by atoms with E-state index >= 15 is 0 Å². The van der Waals surface area contributed by atoms with Crippen LogP contribution in [0.3, 0.4) is 0 Å². The summed E-state index contributed by atoms with van der Waals surface area (Å²) in [6, 6.07) is 0. The summed E-state index contributed by atoms with van der Waals surface area (Å²) in [4.78, 5) is 0. The summed E-state index contributed by atoms with van der Waals surface area (Å²) in [6.45, 7) is 3.28. The van der Waals surface area contributed by atoms with E-state index in [2.05, 4.69) is 36.4 Å². The van der Waals surface area contributed by atoms with Crippen LogP contribution in [0.5, 0.6) is 0 Å². The van der Waals surface area contributed by atoms with Crippen LogP contribution in [0.1, 0.15) is 6.92 Å². The summed E-state index contributed by atoms with van der Waals surface area (Å²) in [5.74, 6) is 0. The number of nitrogens with one attached hydrogen (secondary N) is 1. The number of hydrogen-bond donors (Lipinski definition) is 1. The van der Waals surface area contributed by atoms with Crippen LogP contribution in [0.15, 0.2) is 0 Å². The Morgan fingerprint density at radius 2 is 1.33 bits per heavy atom. The maximum atomic E-state index is 3.64. The fourth-order valence-electron chi connectivity index (χ4n) is 0.791. The van der Waals surface area contributed by atoms with Crippen molar-refractivity contribution >= 4 is 0 Å². The van der Waals surface area contributed by atoms with E-state index in [1.54, 1.807) is 0 Å². The van der Waals surface area contributed by atoms with Crippen LogP contribution in [-0.4, -0.2) is 6.54 Å². The van der Waals surface area contributed by atoms with Crippen LogP contribution in [0.4, 0.5) is 0 Å². The van der Waals surface area contributed by atoms with Crippen molar-refractivity contribution in [2.45, 2.75) is 32.6 Å². The van der Waals surface area contributed by atoms with Crippen LogP contribution in [0, 0.1) is 0 Å². The summed E-state index contributed by atoms with van der Waals surface area (Å²) in [5.41, 5.74) is 0. The van der Waals surface area contributed by atoms with Gasteiger partial charge in [-0.25, -0.2) is 0 Å². The third kappa shape index (κ3) is 8.70. The summed E-state index contributed by atoms with van der Waals surface area (Å²) < 4.78 is 3.64. The molecule has 0 rings (SSSR count). The topological polar surface area (TPSA) is 12.0 Å². The van der Waals surface area contributed by atoms with Gasteiger partial charge in [0, 0.05) is 0 Å². The van der Waals surface area contributed by atoms with Crippen molar-refractivity contribution < 1.29 is 14.8 Å². The molecule has 0 aliphatic heterocycles. The van der Waals surface area contributed by atoms with Crippen LogP contribution in [0.25, 0.3) is 0 Å². The summed E-state index contributed by atoms with van der Waals surface area (Å²) in [7, 11) is 0. The molecule has 9 heavy (non-hydrogen) atoms.